The van der Waals surface area contributed by atoms with Crippen molar-refractivity contribution in [3.05, 3.63) is 29.8 Å². The van der Waals surface area contributed by atoms with Gasteiger partial charge in [-0.05, 0) is 23.6 Å². The van der Waals surface area contributed by atoms with Gasteiger partial charge in [0.25, 0.3) is 0 Å². The lowest BCUT2D eigenvalue weighted by Gasteiger charge is -2.27. The Balaban J connectivity index is 1.86. The molecule has 0 spiro atoms. The van der Waals surface area contributed by atoms with Crippen LogP contribution in [0.3, 0.4) is 0 Å². The van der Waals surface area contributed by atoms with E-state index in [1.807, 2.05) is 23.9 Å². The van der Waals surface area contributed by atoms with Crippen LogP contribution in [0.15, 0.2) is 24.3 Å². The average Bonchev–Trinajstić information content (AvgIpc) is 2.15. The molecule has 15 heavy (non-hydrogen) atoms. The predicted octanol–water partition coefficient (Wildman–Crippen LogP) is 2.20. The quantitative estimate of drug-likeness (QED) is 0.821. The molecule has 1 aromatic rings. The van der Waals surface area contributed by atoms with Crippen molar-refractivity contribution in [3.8, 4) is 5.75 Å². The van der Waals surface area contributed by atoms with Crippen LogP contribution in [0.4, 0.5) is 0 Å². The van der Waals surface area contributed by atoms with E-state index in [2.05, 4.69) is 18.3 Å². The van der Waals surface area contributed by atoms with E-state index in [9.17, 15) is 5.11 Å². The zero-order valence-electron chi connectivity index (χ0n) is 8.94. The molecule has 0 aromatic heterocycles. The molecule has 1 heterocycles. The van der Waals surface area contributed by atoms with Gasteiger partial charge in [-0.25, -0.2) is 0 Å². The molecule has 1 fully saturated rings. The highest BCUT2D eigenvalue weighted by atomic mass is 32.2. The number of nitrogens with one attached hydrogen (secondary N) is 1. The molecule has 0 aliphatic carbocycles. The molecule has 3 heteroatoms. The monoisotopic (exact) mass is 223 g/mol. The summed E-state index contributed by atoms with van der Waals surface area (Å²) in [6, 6.07) is 8.24. The number of hydrogen-bond acceptors (Lipinski definition) is 3. The summed E-state index contributed by atoms with van der Waals surface area (Å²) in [6.45, 7) is 3.18. The van der Waals surface area contributed by atoms with E-state index in [1.165, 1.54) is 17.1 Å². The third-order valence-corrected chi connectivity index (χ3v) is 4.07. The summed E-state index contributed by atoms with van der Waals surface area (Å²) in [6.07, 6.45) is 0. The Morgan fingerprint density at radius 3 is 2.93 bits per heavy atom. The lowest BCUT2D eigenvalue weighted by atomic mass is 10.0. The minimum atomic E-state index is 0.360. The average molecular weight is 223 g/mol. The van der Waals surface area contributed by atoms with Gasteiger partial charge in [0.2, 0.25) is 0 Å². The van der Waals surface area contributed by atoms with Crippen LogP contribution >= 0.6 is 11.8 Å². The minimum Gasteiger partial charge on any atom is -0.508 e. The molecule has 1 atom stereocenters. The van der Waals surface area contributed by atoms with E-state index < -0.39 is 0 Å². The topological polar surface area (TPSA) is 32.3 Å². The number of rotatable bonds is 4. The van der Waals surface area contributed by atoms with Gasteiger partial charge in [0.05, 0.1) is 0 Å². The van der Waals surface area contributed by atoms with Crippen molar-refractivity contribution in [1.82, 2.24) is 5.32 Å². The fraction of sp³-hybridized carbons (Fsp3) is 0.500. The number of aromatic hydroxyl groups is 1. The number of phenols is 1. The highest BCUT2D eigenvalue weighted by Gasteiger charge is 2.18. The molecule has 2 rings (SSSR count). The van der Waals surface area contributed by atoms with E-state index in [-0.39, 0.29) is 0 Å². The zero-order valence-corrected chi connectivity index (χ0v) is 9.76. The number of hydrogen-bond donors (Lipinski definition) is 2. The highest BCUT2D eigenvalue weighted by Crippen LogP contribution is 2.21. The minimum absolute atomic E-state index is 0.360. The largest absolute Gasteiger partial charge is 0.508 e. The molecular formula is C12H17NOS. The van der Waals surface area contributed by atoms with Crippen LogP contribution < -0.4 is 5.32 Å². The first-order valence-corrected chi connectivity index (χ1v) is 6.51. The van der Waals surface area contributed by atoms with Gasteiger partial charge in [0.1, 0.15) is 5.75 Å². The predicted molar refractivity (Wildman–Crippen MR) is 65.6 cm³/mol. The molecular weight excluding hydrogens is 206 g/mol. The van der Waals surface area contributed by atoms with Gasteiger partial charge in [0, 0.05) is 24.1 Å². The molecule has 1 aliphatic rings. The van der Waals surface area contributed by atoms with E-state index in [1.54, 1.807) is 6.07 Å². The van der Waals surface area contributed by atoms with Crippen LogP contribution in [-0.2, 0) is 0 Å². The van der Waals surface area contributed by atoms with E-state index >= 15 is 0 Å². The Morgan fingerprint density at radius 1 is 1.53 bits per heavy atom. The number of phenolic OH excluding ortho intramolecular Hbond substituents is 1. The van der Waals surface area contributed by atoms with Gasteiger partial charge in [-0.3, -0.25) is 0 Å². The molecule has 2 N–H and O–H groups in total. The highest BCUT2D eigenvalue weighted by molar-refractivity contribution is 8.00. The van der Waals surface area contributed by atoms with Crippen molar-refractivity contribution in [1.29, 1.82) is 0 Å². The first-order valence-electron chi connectivity index (χ1n) is 5.36. The molecule has 0 radical (unpaired) electrons. The van der Waals surface area contributed by atoms with Gasteiger partial charge in [-0.1, -0.05) is 19.1 Å². The summed E-state index contributed by atoms with van der Waals surface area (Å²) in [4.78, 5) is 0. The Hall–Kier alpha value is -0.670. The van der Waals surface area contributed by atoms with E-state index in [0.29, 0.717) is 17.7 Å². The Bertz CT molecular complexity index is 325. The fourth-order valence-corrected chi connectivity index (χ4v) is 2.35. The van der Waals surface area contributed by atoms with Crippen molar-refractivity contribution in [2.75, 3.05) is 18.1 Å². The van der Waals surface area contributed by atoms with Crippen LogP contribution in [0.1, 0.15) is 18.4 Å². The van der Waals surface area contributed by atoms with Crippen LogP contribution in [0, 0.1) is 0 Å². The first kappa shape index (κ1) is 10.8. The van der Waals surface area contributed by atoms with Crippen LogP contribution in [0.25, 0.3) is 0 Å². The summed E-state index contributed by atoms with van der Waals surface area (Å²) in [5.41, 5.74) is 1.20. The molecule has 0 saturated carbocycles. The Labute approximate surface area is 95.1 Å². The zero-order chi connectivity index (χ0) is 10.7. The maximum absolute atomic E-state index is 9.37. The van der Waals surface area contributed by atoms with Gasteiger partial charge < -0.3 is 10.4 Å². The second-order valence-electron chi connectivity index (χ2n) is 4.14. The van der Waals surface area contributed by atoms with Gasteiger partial charge in [-0.15, -0.1) is 0 Å². The third-order valence-electron chi connectivity index (χ3n) is 2.79. The number of benzene rings is 1. The first-order chi connectivity index (χ1) is 7.25. The fourth-order valence-electron chi connectivity index (χ4n) is 1.65. The summed E-state index contributed by atoms with van der Waals surface area (Å²) in [5.74, 6) is 3.31. The lowest BCUT2D eigenvalue weighted by molar-refractivity contribution is 0.473. The summed E-state index contributed by atoms with van der Waals surface area (Å²) in [5, 5.41) is 12.9. The van der Waals surface area contributed by atoms with Crippen molar-refractivity contribution in [2.24, 2.45) is 0 Å². The molecule has 1 saturated heterocycles. The smallest absolute Gasteiger partial charge is 0.115 e. The molecule has 1 aliphatic heterocycles. The van der Waals surface area contributed by atoms with Crippen LogP contribution in [0.2, 0.25) is 0 Å². The van der Waals surface area contributed by atoms with Crippen molar-refractivity contribution in [2.45, 2.75) is 18.9 Å². The second-order valence-corrected chi connectivity index (χ2v) is 5.21. The lowest BCUT2D eigenvalue weighted by Crippen LogP contribution is -2.41. The molecule has 1 aromatic carbocycles. The second kappa shape index (κ2) is 4.90. The number of thioether (sulfide) groups is 1. The van der Waals surface area contributed by atoms with E-state index in [4.69, 9.17) is 0 Å². The van der Waals surface area contributed by atoms with Gasteiger partial charge in [-0.2, -0.15) is 11.8 Å². The van der Waals surface area contributed by atoms with Crippen molar-refractivity contribution < 1.29 is 5.11 Å². The normalized spacial score (nSPS) is 18.5. The SMILES string of the molecule is CC(CNC1CSC1)c1cccc(O)c1. The molecule has 1 unspecified atom stereocenters. The third kappa shape index (κ3) is 2.89. The summed E-state index contributed by atoms with van der Waals surface area (Å²) >= 11 is 1.99. The molecule has 0 bridgehead atoms. The van der Waals surface area contributed by atoms with Crippen molar-refractivity contribution in [3.63, 3.8) is 0 Å². The summed E-state index contributed by atoms with van der Waals surface area (Å²) < 4.78 is 0. The van der Waals surface area contributed by atoms with E-state index in [0.717, 1.165) is 6.54 Å². The standard InChI is InChI=1S/C12H17NOS/c1-9(6-13-11-7-15-8-11)10-3-2-4-12(14)5-10/h2-5,9,11,13-14H,6-8H2,1H3. The van der Waals surface area contributed by atoms with Crippen LogP contribution in [0.5, 0.6) is 5.75 Å². The maximum Gasteiger partial charge on any atom is 0.115 e. The molecule has 2 nitrogen and oxygen atoms in total. The van der Waals surface area contributed by atoms with Crippen LogP contribution in [-0.4, -0.2) is 29.2 Å². The van der Waals surface area contributed by atoms with Gasteiger partial charge in [0.15, 0.2) is 0 Å². The molecule has 82 valence electrons. The Kier molecular flexibility index (Phi) is 3.54. The van der Waals surface area contributed by atoms with Gasteiger partial charge >= 0.3 is 0 Å². The maximum atomic E-state index is 9.37. The molecule has 0 amide bonds. The Morgan fingerprint density at radius 2 is 2.33 bits per heavy atom. The van der Waals surface area contributed by atoms with Crippen molar-refractivity contribution >= 4 is 11.8 Å². The summed E-state index contributed by atoms with van der Waals surface area (Å²) in [7, 11) is 0.